The molecule has 6 heteroatoms. The van der Waals surface area contributed by atoms with Crippen LogP contribution in [0, 0.1) is 16.2 Å². The van der Waals surface area contributed by atoms with Gasteiger partial charge in [0.05, 0.1) is 18.3 Å². The average molecular weight is 358 g/mol. The van der Waals surface area contributed by atoms with Crippen molar-refractivity contribution in [1.29, 1.82) is 0 Å². The maximum atomic E-state index is 12.7. The molecule has 0 saturated carbocycles. The van der Waals surface area contributed by atoms with Crippen LogP contribution in [0.3, 0.4) is 0 Å². The number of carboxylic acid groups (broad SMARTS) is 1. The van der Waals surface area contributed by atoms with Gasteiger partial charge in [-0.1, -0.05) is 48.0 Å². The molecule has 0 aromatic carbocycles. The second kappa shape index (κ2) is 9.20. The molecular weight excluding hydrogens is 324 g/mol. The normalized spacial score (nSPS) is 14.5. The number of carboxylic acids is 1. The largest absolute Gasteiger partial charge is 0.481 e. The van der Waals surface area contributed by atoms with Crippen LogP contribution in [0.5, 0.6) is 0 Å². The molecule has 0 bridgehead atoms. The summed E-state index contributed by atoms with van der Waals surface area (Å²) in [5, 5.41) is 8.51. The maximum Gasteiger partial charge on any atom is 0.312 e. The Balaban J connectivity index is 4.65. The highest BCUT2D eigenvalue weighted by atomic mass is 16.6. The summed E-state index contributed by atoms with van der Waals surface area (Å²) < 4.78 is 10.3. The van der Waals surface area contributed by atoms with Crippen LogP contribution >= 0.6 is 0 Å². The van der Waals surface area contributed by atoms with Gasteiger partial charge >= 0.3 is 17.9 Å². The lowest BCUT2D eigenvalue weighted by Crippen LogP contribution is -2.45. The van der Waals surface area contributed by atoms with Crippen LogP contribution in [0.4, 0.5) is 0 Å². The van der Waals surface area contributed by atoms with Crippen molar-refractivity contribution in [2.45, 2.75) is 74.1 Å². The third kappa shape index (κ3) is 7.88. The number of hydrogen-bond acceptors (Lipinski definition) is 5. The molecule has 1 atom stereocenters. The number of aliphatic carboxylic acids is 1. The molecule has 0 rings (SSSR count). The molecule has 0 saturated heterocycles. The molecular formula is C19H34O6. The standard InChI is InChI=1S/C19H34O6/c1-8-18(5,6)13-19(7,17(2,3)4)16(23)25-12-11-24-15(22)10-9-14(20)21/h8-13H2,1-7H3,(H,20,21). The average Bonchev–Trinajstić information content (AvgIpc) is 2.47. The second-order valence-electron chi connectivity index (χ2n) is 8.53. The van der Waals surface area contributed by atoms with Crippen LogP contribution < -0.4 is 0 Å². The summed E-state index contributed by atoms with van der Waals surface area (Å²) in [7, 11) is 0. The molecule has 0 radical (unpaired) electrons. The van der Waals surface area contributed by atoms with Crippen molar-refractivity contribution in [3.8, 4) is 0 Å². The molecule has 0 aromatic heterocycles. The molecule has 1 N–H and O–H groups in total. The van der Waals surface area contributed by atoms with Gasteiger partial charge in [0.15, 0.2) is 0 Å². The van der Waals surface area contributed by atoms with Crippen LogP contribution in [-0.4, -0.2) is 36.2 Å². The smallest absolute Gasteiger partial charge is 0.312 e. The van der Waals surface area contributed by atoms with Crippen molar-refractivity contribution < 1.29 is 29.0 Å². The Kier molecular flexibility index (Phi) is 8.62. The van der Waals surface area contributed by atoms with E-state index in [0.29, 0.717) is 6.42 Å². The molecule has 0 spiro atoms. The van der Waals surface area contributed by atoms with Gasteiger partial charge in [0, 0.05) is 0 Å². The predicted molar refractivity (Wildman–Crippen MR) is 95.0 cm³/mol. The van der Waals surface area contributed by atoms with Crippen LogP contribution in [-0.2, 0) is 23.9 Å². The number of rotatable bonds is 10. The summed E-state index contributed by atoms with van der Waals surface area (Å²) in [5.74, 6) is -1.96. The number of ether oxygens (including phenoxy) is 2. The number of carbonyl (C=O) groups excluding carboxylic acids is 2. The van der Waals surface area contributed by atoms with Gasteiger partial charge in [0.25, 0.3) is 0 Å². The molecule has 6 nitrogen and oxygen atoms in total. The summed E-state index contributed by atoms with van der Waals surface area (Å²) >= 11 is 0. The van der Waals surface area contributed by atoms with E-state index in [2.05, 4.69) is 20.8 Å². The van der Waals surface area contributed by atoms with Gasteiger partial charge in [0.2, 0.25) is 0 Å². The molecule has 0 aromatic rings. The summed E-state index contributed by atoms with van der Waals surface area (Å²) in [5.41, 5.74) is -0.946. The van der Waals surface area contributed by atoms with Crippen molar-refractivity contribution >= 4 is 17.9 Å². The third-order valence-corrected chi connectivity index (χ3v) is 5.02. The molecule has 0 amide bonds. The Morgan fingerprint density at radius 2 is 1.40 bits per heavy atom. The first-order valence-corrected chi connectivity index (χ1v) is 8.80. The molecule has 0 fully saturated rings. The van der Waals surface area contributed by atoms with Crippen molar-refractivity contribution in [3.05, 3.63) is 0 Å². The van der Waals surface area contributed by atoms with E-state index in [1.54, 1.807) is 0 Å². The molecule has 0 aliphatic heterocycles. The first-order chi connectivity index (χ1) is 11.2. The van der Waals surface area contributed by atoms with E-state index < -0.39 is 17.4 Å². The van der Waals surface area contributed by atoms with Gasteiger partial charge in [-0.2, -0.15) is 0 Å². The number of esters is 2. The van der Waals surface area contributed by atoms with E-state index in [9.17, 15) is 14.4 Å². The maximum absolute atomic E-state index is 12.7. The molecule has 146 valence electrons. The first-order valence-electron chi connectivity index (χ1n) is 8.80. The predicted octanol–water partition coefficient (Wildman–Crippen LogP) is 3.82. The highest BCUT2D eigenvalue weighted by Crippen LogP contribution is 2.48. The SMILES string of the molecule is CCC(C)(C)CC(C)(C(=O)OCCOC(=O)CCC(=O)O)C(C)(C)C. The van der Waals surface area contributed by atoms with E-state index in [-0.39, 0.29) is 42.9 Å². The zero-order valence-corrected chi connectivity index (χ0v) is 16.7. The summed E-state index contributed by atoms with van der Waals surface area (Å²) in [6, 6.07) is 0. The molecule has 1 unspecified atom stereocenters. The van der Waals surface area contributed by atoms with Crippen molar-refractivity contribution in [2.75, 3.05) is 13.2 Å². The Morgan fingerprint density at radius 3 is 1.84 bits per heavy atom. The van der Waals surface area contributed by atoms with E-state index >= 15 is 0 Å². The van der Waals surface area contributed by atoms with Crippen LogP contribution in [0.25, 0.3) is 0 Å². The van der Waals surface area contributed by atoms with Crippen LogP contribution in [0.1, 0.15) is 74.1 Å². The summed E-state index contributed by atoms with van der Waals surface area (Å²) in [6.07, 6.45) is 1.19. The third-order valence-electron chi connectivity index (χ3n) is 5.02. The topological polar surface area (TPSA) is 89.9 Å². The Hall–Kier alpha value is -1.59. The van der Waals surface area contributed by atoms with E-state index in [1.807, 2.05) is 27.7 Å². The molecule has 25 heavy (non-hydrogen) atoms. The fraction of sp³-hybridized carbons (Fsp3) is 0.842. The van der Waals surface area contributed by atoms with Gasteiger partial charge < -0.3 is 14.6 Å². The number of hydrogen-bond donors (Lipinski definition) is 1. The molecule has 0 aliphatic carbocycles. The minimum absolute atomic E-state index is 0.00431. The lowest BCUT2D eigenvalue weighted by molar-refractivity contribution is -0.168. The quantitative estimate of drug-likeness (QED) is 0.472. The highest BCUT2D eigenvalue weighted by Gasteiger charge is 2.48. The Bertz CT molecular complexity index is 475. The number of carbonyl (C=O) groups is 3. The minimum atomic E-state index is -1.05. The zero-order valence-electron chi connectivity index (χ0n) is 16.7. The van der Waals surface area contributed by atoms with Crippen LogP contribution in [0.15, 0.2) is 0 Å². The monoisotopic (exact) mass is 358 g/mol. The van der Waals surface area contributed by atoms with Gasteiger partial charge in [-0.05, 0) is 24.2 Å². The lowest BCUT2D eigenvalue weighted by atomic mass is 9.60. The van der Waals surface area contributed by atoms with Crippen LogP contribution in [0.2, 0.25) is 0 Å². The minimum Gasteiger partial charge on any atom is -0.481 e. The van der Waals surface area contributed by atoms with Gasteiger partial charge in [-0.3, -0.25) is 14.4 Å². The summed E-state index contributed by atoms with van der Waals surface area (Å²) in [4.78, 5) is 34.5. The first kappa shape index (κ1) is 23.4. The van der Waals surface area contributed by atoms with Crippen molar-refractivity contribution in [2.24, 2.45) is 16.2 Å². The highest BCUT2D eigenvalue weighted by molar-refractivity contribution is 5.78. The van der Waals surface area contributed by atoms with E-state index in [4.69, 9.17) is 14.6 Å². The van der Waals surface area contributed by atoms with Crippen molar-refractivity contribution in [3.63, 3.8) is 0 Å². The molecule has 0 heterocycles. The Labute approximate surface area is 151 Å². The van der Waals surface area contributed by atoms with Gasteiger partial charge in [0.1, 0.15) is 13.2 Å². The summed E-state index contributed by atoms with van der Waals surface area (Å²) in [6.45, 7) is 14.3. The van der Waals surface area contributed by atoms with E-state index in [1.165, 1.54) is 0 Å². The van der Waals surface area contributed by atoms with Gasteiger partial charge in [-0.15, -0.1) is 0 Å². The second-order valence-corrected chi connectivity index (χ2v) is 8.53. The molecule has 0 aliphatic rings. The Morgan fingerprint density at radius 1 is 0.880 bits per heavy atom. The fourth-order valence-electron chi connectivity index (χ4n) is 2.46. The van der Waals surface area contributed by atoms with Crippen molar-refractivity contribution in [1.82, 2.24) is 0 Å². The zero-order chi connectivity index (χ0) is 19.9. The van der Waals surface area contributed by atoms with E-state index in [0.717, 1.165) is 6.42 Å². The van der Waals surface area contributed by atoms with Gasteiger partial charge in [-0.25, -0.2) is 0 Å². The lowest BCUT2D eigenvalue weighted by Gasteiger charge is -2.44. The fourth-order valence-corrected chi connectivity index (χ4v) is 2.46.